The van der Waals surface area contributed by atoms with Crippen molar-refractivity contribution in [3.8, 4) is 5.75 Å². The first-order valence-electron chi connectivity index (χ1n) is 5.09. The molecule has 15 heavy (non-hydrogen) atoms. The van der Waals surface area contributed by atoms with Gasteiger partial charge in [-0.1, -0.05) is 19.1 Å². The van der Waals surface area contributed by atoms with Crippen LogP contribution in [-0.4, -0.2) is 11.1 Å². The molecule has 3 heteroatoms. The summed E-state index contributed by atoms with van der Waals surface area (Å²) in [6.45, 7) is 5.93. The zero-order valence-electron chi connectivity index (χ0n) is 9.58. The molecule has 0 amide bonds. The van der Waals surface area contributed by atoms with Crippen molar-refractivity contribution in [1.29, 1.82) is 0 Å². The minimum Gasteiger partial charge on any atom is -0.507 e. The standard InChI is InChI=1S/C12H19NO.ClH/c1-4-11(13)7-10-5-8(2)12(14)9(3)6-10;/h5-6,11,14H,4,7,13H2,1-3H3;1H. The number of halogens is 1. The van der Waals surface area contributed by atoms with Crippen molar-refractivity contribution in [3.05, 3.63) is 28.8 Å². The van der Waals surface area contributed by atoms with Gasteiger partial charge in [-0.2, -0.15) is 0 Å². The van der Waals surface area contributed by atoms with Crippen molar-refractivity contribution >= 4 is 12.4 Å². The lowest BCUT2D eigenvalue weighted by molar-refractivity contribution is 0.466. The molecule has 1 unspecified atom stereocenters. The minimum absolute atomic E-state index is 0. The molecule has 1 aromatic carbocycles. The van der Waals surface area contributed by atoms with Crippen molar-refractivity contribution in [2.45, 2.75) is 39.7 Å². The van der Waals surface area contributed by atoms with Gasteiger partial charge in [-0.15, -0.1) is 12.4 Å². The molecule has 0 aromatic heterocycles. The Morgan fingerprint density at radius 1 is 1.27 bits per heavy atom. The molecule has 2 nitrogen and oxygen atoms in total. The van der Waals surface area contributed by atoms with E-state index in [1.165, 1.54) is 5.56 Å². The van der Waals surface area contributed by atoms with Crippen molar-refractivity contribution in [2.75, 3.05) is 0 Å². The Balaban J connectivity index is 0.00000196. The van der Waals surface area contributed by atoms with Gasteiger partial charge in [0, 0.05) is 6.04 Å². The molecule has 0 aliphatic carbocycles. The Morgan fingerprint density at radius 2 is 1.73 bits per heavy atom. The molecule has 1 rings (SSSR count). The Hall–Kier alpha value is -0.730. The summed E-state index contributed by atoms with van der Waals surface area (Å²) in [6, 6.07) is 4.24. The van der Waals surface area contributed by atoms with Crippen LogP contribution in [0.4, 0.5) is 0 Å². The van der Waals surface area contributed by atoms with Gasteiger partial charge in [0.1, 0.15) is 5.75 Å². The highest BCUT2D eigenvalue weighted by molar-refractivity contribution is 5.85. The number of phenolic OH excluding ortho intramolecular Hbond substituents is 1. The number of benzene rings is 1. The zero-order chi connectivity index (χ0) is 10.7. The summed E-state index contributed by atoms with van der Waals surface area (Å²) < 4.78 is 0. The van der Waals surface area contributed by atoms with Crippen LogP contribution >= 0.6 is 12.4 Å². The topological polar surface area (TPSA) is 46.2 Å². The maximum atomic E-state index is 9.59. The van der Waals surface area contributed by atoms with Crippen LogP contribution in [0.2, 0.25) is 0 Å². The molecule has 0 saturated carbocycles. The molecule has 0 saturated heterocycles. The van der Waals surface area contributed by atoms with Gasteiger partial charge in [0.25, 0.3) is 0 Å². The lowest BCUT2D eigenvalue weighted by Crippen LogP contribution is -2.21. The third-order valence-corrected chi connectivity index (χ3v) is 2.57. The van der Waals surface area contributed by atoms with Crippen molar-refractivity contribution < 1.29 is 5.11 Å². The zero-order valence-corrected chi connectivity index (χ0v) is 10.4. The van der Waals surface area contributed by atoms with Gasteiger partial charge >= 0.3 is 0 Å². The number of rotatable bonds is 3. The fourth-order valence-corrected chi connectivity index (χ4v) is 1.61. The van der Waals surface area contributed by atoms with Crippen molar-refractivity contribution in [2.24, 2.45) is 5.73 Å². The second-order valence-corrected chi connectivity index (χ2v) is 3.95. The van der Waals surface area contributed by atoms with E-state index in [1.54, 1.807) is 0 Å². The van der Waals surface area contributed by atoms with Gasteiger partial charge < -0.3 is 10.8 Å². The third kappa shape index (κ3) is 3.73. The Labute approximate surface area is 97.9 Å². The second kappa shape index (κ2) is 5.99. The third-order valence-electron chi connectivity index (χ3n) is 2.57. The fraction of sp³-hybridized carbons (Fsp3) is 0.500. The summed E-state index contributed by atoms with van der Waals surface area (Å²) in [5.41, 5.74) is 8.96. The molecule has 0 fully saturated rings. The molecule has 0 heterocycles. The lowest BCUT2D eigenvalue weighted by atomic mass is 9.99. The highest BCUT2D eigenvalue weighted by atomic mass is 35.5. The number of aryl methyl sites for hydroxylation is 2. The van der Waals surface area contributed by atoms with Gasteiger partial charge in [-0.25, -0.2) is 0 Å². The summed E-state index contributed by atoms with van der Waals surface area (Å²) in [5, 5.41) is 9.59. The number of aromatic hydroxyl groups is 1. The number of hydrogen-bond donors (Lipinski definition) is 2. The Bertz CT molecular complexity index is 302. The normalized spacial score (nSPS) is 12.0. The molecule has 0 spiro atoms. The van der Waals surface area contributed by atoms with Crippen molar-refractivity contribution in [1.82, 2.24) is 0 Å². The van der Waals surface area contributed by atoms with E-state index in [0.29, 0.717) is 5.75 Å². The maximum Gasteiger partial charge on any atom is 0.121 e. The monoisotopic (exact) mass is 229 g/mol. The molecule has 0 radical (unpaired) electrons. The van der Waals surface area contributed by atoms with Crippen LogP contribution in [0.5, 0.6) is 5.75 Å². The first kappa shape index (κ1) is 14.3. The van der Waals surface area contributed by atoms with E-state index in [9.17, 15) is 5.11 Å². The summed E-state index contributed by atoms with van der Waals surface area (Å²) in [5.74, 6) is 0.402. The van der Waals surface area contributed by atoms with E-state index in [0.717, 1.165) is 24.0 Å². The van der Waals surface area contributed by atoms with Crippen LogP contribution in [-0.2, 0) is 6.42 Å². The fourth-order valence-electron chi connectivity index (χ4n) is 1.61. The van der Waals surface area contributed by atoms with Gasteiger partial charge in [-0.05, 0) is 43.4 Å². The van der Waals surface area contributed by atoms with E-state index in [2.05, 4.69) is 6.92 Å². The average Bonchev–Trinajstić information content (AvgIpc) is 2.14. The molecule has 3 N–H and O–H groups in total. The van der Waals surface area contributed by atoms with Crippen LogP contribution in [0.25, 0.3) is 0 Å². The average molecular weight is 230 g/mol. The maximum absolute atomic E-state index is 9.59. The molecular formula is C12H20ClNO. The van der Waals surface area contributed by atoms with E-state index in [4.69, 9.17) is 5.73 Å². The van der Waals surface area contributed by atoms with E-state index < -0.39 is 0 Å². The van der Waals surface area contributed by atoms with E-state index in [-0.39, 0.29) is 18.4 Å². The van der Waals surface area contributed by atoms with Crippen LogP contribution in [0.1, 0.15) is 30.0 Å². The number of hydrogen-bond acceptors (Lipinski definition) is 2. The van der Waals surface area contributed by atoms with Gasteiger partial charge in [0.05, 0.1) is 0 Å². The molecular weight excluding hydrogens is 210 g/mol. The summed E-state index contributed by atoms with van der Waals surface area (Å²) in [4.78, 5) is 0. The van der Waals surface area contributed by atoms with E-state index >= 15 is 0 Å². The predicted molar refractivity (Wildman–Crippen MR) is 66.8 cm³/mol. The second-order valence-electron chi connectivity index (χ2n) is 3.95. The first-order valence-corrected chi connectivity index (χ1v) is 5.09. The summed E-state index contributed by atoms with van der Waals surface area (Å²) >= 11 is 0. The minimum atomic E-state index is 0. The smallest absolute Gasteiger partial charge is 0.121 e. The molecule has 0 bridgehead atoms. The summed E-state index contributed by atoms with van der Waals surface area (Å²) in [7, 11) is 0. The highest BCUT2D eigenvalue weighted by Crippen LogP contribution is 2.23. The predicted octanol–water partition coefficient (Wildman–Crippen LogP) is 2.71. The van der Waals surface area contributed by atoms with Gasteiger partial charge in [0.2, 0.25) is 0 Å². The number of phenols is 1. The Morgan fingerprint density at radius 3 is 2.13 bits per heavy atom. The molecule has 0 aliphatic rings. The van der Waals surface area contributed by atoms with Crippen LogP contribution in [0.15, 0.2) is 12.1 Å². The molecule has 86 valence electrons. The van der Waals surface area contributed by atoms with Gasteiger partial charge in [-0.3, -0.25) is 0 Å². The number of nitrogens with two attached hydrogens (primary N) is 1. The van der Waals surface area contributed by atoms with Crippen molar-refractivity contribution in [3.63, 3.8) is 0 Å². The molecule has 1 aromatic rings. The SMILES string of the molecule is CCC(N)Cc1cc(C)c(O)c(C)c1.Cl. The van der Waals surface area contributed by atoms with Crippen LogP contribution < -0.4 is 5.73 Å². The Kier molecular flexibility index (Phi) is 5.69. The highest BCUT2D eigenvalue weighted by Gasteiger charge is 2.06. The quantitative estimate of drug-likeness (QED) is 0.837. The molecule has 1 atom stereocenters. The first-order chi connectivity index (χ1) is 6.54. The largest absolute Gasteiger partial charge is 0.507 e. The van der Waals surface area contributed by atoms with Crippen LogP contribution in [0, 0.1) is 13.8 Å². The van der Waals surface area contributed by atoms with Gasteiger partial charge in [0.15, 0.2) is 0 Å². The lowest BCUT2D eigenvalue weighted by Gasteiger charge is -2.11. The van der Waals surface area contributed by atoms with E-state index in [1.807, 2.05) is 26.0 Å². The van der Waals surface area contributed by atoms with Crippen LogP contribution in [0.3, 0.4) is 0 Å². The summed E-state index contributed by atoms with van der Waals surface area (Å²) in [6.07, 6.45) is 1.87. The molecule has 0 aliphatic heterocycles.